The molecule has 0 aliphatic carbocycles. The van der Waals surface area contributed by atoms with Gasteiger partial charge in [-0.25, -0.2) is 24.0 Å². The van der Waals surface area contributed by atoms with E-state index in [-0.39, 0.29) is 54.6 Å². The number of esters is 1. The number of nitrogens with zero attached hydrogens (tertiary/aromatic N) is 2. The third kappa shape index (κ3) is 7.48. The van der Waals surface area contributed by atoms with Crippen LogP contribution in [0.15, 0.2) is 72.8 Å². The molecular formula is C37H39F3N6O4. The van der Waals surface area contributed by atoms with Crippen LogP contribution in [0.3, 0.4) is 0 Å². The van der Waals surface area contributed by atoms with E-state index in [1.165, 1.54) is 35.5 Å². The number of aliphatic hydroxyl groups is 1. The molecule has 3 heterocycles. The van der Waals surface area contributed by atoms with Crippen LogP contribution in [0, 0.1) is 17.5 Å². The number of aliphatic hydroxyl groups excluding tert-OH is 1. The van der Waals surface area contributed by atoms with Crippen molar-refractivity contribution in [2.24, 2.45) is 11.6 Å². The van der Waals surface area contributed by atoms with Crippen molar-refractivity contribution in [3.8, 4) is 22.9 Å². The van der Waals surface area contributed by atoms with Crippen molar-refractivity contribution in [2.45, 2.75) is 64.0 Å². The van der Waals surface area contributed by atoms with Crippen molar-refractivity contribution in [3.05, 3.63) is 113 Å². The lowest BCUT2D eigenvalue weighted by molar-refractivity contribution is -0.143. The van der Waals surface area contributed by atoms with Crippen molar-refractivity contribution in [1.82, 2.24) is 20.0 Å². The van der Waals surface area contributed by atoms with E-state index in [0.717, 1.165) is 0 Å². The minimum Gasteiger partial charge on any atom is -0.466 e. The topological polar surface area (TPSA) is 156 Å². The molecule has 7 N–H and O–H groups in total. The number of nitrogens with two attached hydrogens (primary N) is 2. The van der Waals surface area contributed by atoms with Crippen LogP contribution >= 0.6 is 0 Å². The second-order valence-electron chi connectivity index (χ2n) is 12.3. The standard InChI is InChI=1S/C37H39F3N6O4/c1-2-49-34(48)13-10-21-6-5-8-25(35(21)40)23-7-3-4-9-33(47)30(41)20-46(42)19-27-24-14-15-43-31(24)17-29(39)36(27)50-22-11-12-28(38)26(16-22)37-44-18-32(23)45-37/h5-6,8,11-12,14-18,20,23,33,43,47H,2-4,7,9-10,13,19,41-42H2,1H3,(H,44,45)/b30-20-. The highest BCUT2D eigenvalue weighted by atomic mass is 19.1. The molecule has 13 heteroatoms. The Balaban J connectivity index is 1.41. The maximum atomic E-state index is 16.1. The number of fused-ring (bicyclic) bond motifs is 8. The monoisotopic (exact) mass is 688 g/mol. The summed E-state index contributed by atoms with van der Waals surface area (Å²) >= 11 is 0. The minimum absolute atomic E-state index is 0.0300. The molecular weight excluding hydrogens is 649 g/mol. The molecule has 5 aromatic rings. The Morgan fingerprint density at radius 3 is 2.76 bits per heavy atom. The highest BCUT2D eigenvalue weighted by molar-refractivity contribution is 5.85. The second-order valence-corrected chi connectivity index (χ2v) is 12.3. The molecule has 10 nitrogen and oxygen atoms in total. The van der Waals surface area contributed by atoms with Crippen molar-refractivity contribution >= 4 is 16.9 Å². The molecule has 6 rings (SSSR count). The molecule has 3 aromatic carbocycles. The van der Waals surface area contributed by atoms with Crippen LogP contribution < -0.4 is 16.3 Å². The smallest absolute Gasteiger partial charge is 0.306 e. The number of hydrazine groups is 1. The minimum atomic E-state index is -1.02. The molecule has 2 unspecified atom stereocenters. The Morgan fingerprint density at radius 1 is 1.12 bits per heavy atom. The maximum Gasteiger partial charge on any atom is 0.306 e. The Morgan fingerprint density at radius 2 is 1.94 bits per heavy atom. The fourth-order valence-electron chi connectivity index (χ4n) is 6.38. The van der Waals surface area contributed by atoms with Crippen molar-refractivity contribution in [1.29, 1.82) is 0 Å². The molecule has 50 heavy (non-hydrogen) atoms. The van der Waals surface area contributed by atoms with E-state index in [4.69, 9.17) is 21.1 Å². The summed E-state index contributed by atoms with van der Waals surface area (Å²) < 4.78 is 58.2. The zero-order valence-electron chi connectivity index (χ0n) is 27.5. The summed E-state index contributed by atoms with van der Waals surface area (Å²) in [5.41, 5.74) is 8.63. The average molecular weight is 689 g/mol. The molecule has 0 saturated heterocycles. The van der Waals surface area contributed by atoms with Gasteiger partial charge in [0.2, 0.25) is 0 Å². The normalized spacial score (nSPS) is 18.3. The number of imidazole rings is 1. The quantitative estimate of drug-likeness (QED) is 0.0997. The van der Waals surface area contributed by atoms with Gasteiger partial charge in [0, 0.05) is 59.2 Å². The lowest BCUT2D eigenvalue weighted by Gasteiger charge is -2.21. The number of halogens is 3. The van der Waals surface area contributed by atoms with Crippen molar-refractivity contribution in [2.75, 3.05) is 6.61 Å². The Hall–Kier alpha value is -5.27. The number of hydrogen-bond donors (Lipinski definition) is 5. The number of benzene rings is 3. The fraction of sp³-hybridized carbons (Fsp3) is 0.297. The van der Waals surface area contributed by atoms with Gasteiger partial charge in [0.1, 0.15) is 23.2 Å². The van der Waals surface area contributed by atoms with Crippen LogP contribution in [-0.4, -0.2) is 43.7 Å². The van der Waals surface area contributed by atoms with Gasteiger partial charge in [-0.05, 0) is 61.6 Å². The van der Waals surface area contributed by atoms with Gasteiger partial charge < -0.3 is 35.3 Å². The van der Waals surface area contributed by atoms with Gasteiger partial charge in [-0.15, -0.1) is 0 Å². The van der Waals surface area contributed by atoms with E-state index in [1.54, 1.807) is 43.6 Å². The van der Waals surface area contributed by atoms with E-state index in [2.05, 4.69) is 15.0 Å². The molecule has 4 bridgehead atoms. The maximum absolute atomic E-state index is 16.1. The van der Waals surface area contributed by atoms with Crippen LogP contribution in [0.5, 0.6) is 11.5 Å². The lowest BCUT2D eigenvalue weighted by Crippen LogP contribution is -2.29. The number of carbonyl (C=O) groups is 1. The van der Waals surface area contributed by atoms with E-state index in [1.807, 2.05) is 0 Å². The summed E-state index contributed by atoms with van der Waals surface area (Å²) in [6.07, 6.45) is 5.61. The summed E-state index contributed by atoms with van der Waals surface area (Å²) in [6, 6.07) is 12.1. The predicted octanol–water partition coefficient (Wildman–Crippen LogP) is 6.81. The third-order valence-corrected chi connectivity index (χ3v) is 8.90. The Labute approximate surface area is 286 Å². The molecule has 2 atom stereocenters. The van der Waals surface area contributed by atoms with Gasteiger partial charge >= 0.3 is 5.97 Å². The fourth-order valence-corrected chi connectivity index (χ4v) is 6.38. The molecule has 0 fully saturated rings. The lowest BCUT2D eigenvalue weighted by atomic mass is 9.88. The van der Waals surface area contributed by atoms with E-state index in [0.29, 0.717) is 59.0 Å². The number of hydrogen-bond acceptors (Lipinski definition) is 8. The van der Waals surface area contributed by atoms with Gasteiger partial charge in [0.15, 0.2) is 11.6 Å². The van der Waals surface area contributed by atoms with Crippen molar-refractivity contribution < 1.29 is 32.5 Å². The number of H-pyrrole nitrogens is 2. The van der Waals surface area contributed by atoms with Crippen LogP contribution in [-0.2, 0) is 22.5 Å². The Bertz CT molecular complexity index is 2030. The first-order valence-electron chi connectivity index (χ1n) is 16.5. The average Bonchev–Trinajstić information content (AvgIpc) is 3.77. The highest BCUT2D eigenvalue weighted by Gasteiger charge is 2.25. The number of aromatic amines is 2. The van der Waals surface area contributed by atoms with Gasteiger partial charge in [0.05, 0.1) is 30.5 Å². The molecule has 1 aliphatic heterocycles. The number of aromatic nitrogens is 3. The van der Waals surface area contributed by atoms with Crippen LogP contribution in [0.4, 0.5) is 13.2 Å². The number of ether oxygens (including phenoxy) is 2. The van der Waals surface area contributed by atoms with Gasteiger partial charge in [-0.3, -0.25) is 4.79 Å². The first-order valence-corrected chi connectivity index (χ1v) is 16.5. The summed E-state index contributed by atoms with van der Waals surface area (Å²) in [7, 11) is 0. The zero-order chi connectivity index (χ0) is 35.4. The number of carbonyl (C=O) groups excluding carboxylic acids is 1. The number of aryl methyl sites for hydroxylation is 1. The highest BCUT2D eigenvalue weighted by Crippen LogP contribution is 2.38. The van der Waals surface area contributed by atoms with Crippen LogP contribution in [0.1, 0.15) is 67.3 Å². The summed E-state index contributed by atoms with van der Waals surface area (Å²) in [5.74, 6) is 3.83. The second kappa shape index (κ2) is 15.1. The largest absolute Gasteiger partial charge is 0.466 e. The number of nitrogens with one attached hydrogen (secondary N) is 2. The summed E-state index contributed by atoms with van der Waals surface area (Å²) in [5, 5.41) is 12.8. The van der Waals surface area contributed by atoms with E-state index in [9.17, 15) is 9.90 Å². The predicted molar refractivity (Wildman–Crippen MR) is 182 cm³/mol. The molecule has 0 radical (unpaired) electrons. The third-order valence-electron chi connectivity index (χ3n) is 8.90. The number of rotatable bonds is 5. The SMILES string of the molecule is CCOC(=O)CCc1cccc(C2CCCCC(O)/C(N)=C/N(N)Cc3c(c(F)cc4[nH]ccc34)Oc3ccc(F)c(c3)-c3ncc2[nH]3)c1F. The van der Waals surface area contributed by atoms with E-state index >= 15 is 13.2 Å². The summed E-state index contributed by atoms with van der Waals surface area (Å²) in [4.78, 5) is 22.6. The van der Waals surface area contributed by atoms with E-state index < -0.39 is 35.4 Å². The summed E-state index contributed by atoms with van der Waals surface area (Å²) in [6.45, 7) is 1.92. The zero-order valence-corrected chi connectivity index (χ0v) is 27.5. The molecule has 0 saturated carbocycles. The van der Waals surface area contributed by atoms with Gasteiger partial charge in [0.25, 0.3) is 0 Å². The van der Waals surface area contributed by atoms with Gasteiger partial charge in [-0.1, -0.05) is 31.0 Å². The van der Waals surface area contributed by atoms with Crippen molar-refractivity contribution in [3.63, 3.8) is 0 Å². The van der Waals surface area contributed by atoms with Gasteiger partial charge in [-0.2, -0.15) is 0 Å². The Kier molecular flexibility index (Phi) is 10.4. The molecule has 0 amide bonds. The molecule has 262 valence electrons. The first-order chi connectivity index (χ1) is 24.1. The van der Waals surface area contributed by atoms with Crippen LogP contribution in [0.2, 0.25) is 0 Å². The molecule has 0 spiro atoms. The molecule has 1 aliphatic rings. The molecule has 2 aromatic heterocycles. The van der Waals surface area contributed by atoms with Crippen LogP contribution in [0.25, 0.3) is 22.3 Å². The first kappa shape index (κ1) is 34.6.